The maximum Gasteiger partial charge on any atom is 0.387 e. The van der Waals surface area contributed by atoms with Crippen molar-refractivity contribution in [2.75, 3.05) is 5.43 Å². The van der Waals surface area contributed by atoms with E-state index in [4.69, 9.17) is 5.84 Å². The van der Waals surface area contributed by atoms with E-state index < -0.39 is 6.61 Å². The molecule has 0 saturated carbocycles. The molecular weight excluding hydrogens is 242 g/mol. The second kappa shape index (κ2) is 5.37. The zero-order valence-corrected chi connectivity index (χ0v) is 9.18. The maximum absolute atomic E-state index is 12.0. The van der Waals surface area contributed by atoms with Crippen LogP contribution in [0.15, 0.2) is 36.5 Å². The second-order valence-electron chi connectivity index (χ2n) is 3.31. The summed E-state index contributed by atoms with van der Waals surface area (Å²) < 4.78 is 28.2. The number of nitrogen functional groups attached to an aromatic ring is 1. The van der Waals surface area contributed by atoms with Gasteiger partial charge in [-0.1, -0.05) is 0 Å². The number of halogens is 2. The van der Waals surface area contributed by atoms with Gasteiger partial charge in [-0.2, -0.15) is 8.78 Å². The fourth-order valence-electron chi connectivity index (χ4n) is 1.36. The summed E-state index contributed by atoms with van der Waals surface area (Å²) in [6, 6.07) is 7.64. The van der Waals surface area contributed by atoms with Gasteiger partial charge in [-0.25, -0.2) is 15.8 Å². The molecule has 0 saturated heterocycles. The molecule has 0 aliphatic carbocycles. The van der Waals surface area contributed by atoms with Gasteiger partial charge in [0.15, 0.2) is 5.82 Å². The van der Waals surface area contributed by atoms with E-state index in [1.165, 1.54) is 12.1 Å². The van der Waals surface area contributed by atoms with Gasteiger partial charge >= 0.3 is 6.61 Å². The molecule has 5 nitrogen and oxygen atoms in total. The smallest absolute Gasteiger partial charge is 0.387 e. The predicted octanol–water partition coefficient (Wildman–Crippen LogP) is 2.03. The lowest BCUT2D eigenvalue weighted by atomic mass is 10.2. The summed E-state index contributed by atoms with van der Waals surface area (Å²) in [6.45, 7) is -2.84. The van der Waals surface area contributed by atoms with Crippen LogP contribution >= 0.6 is 0 Å². The molecule has 0 amide bonds. The minimum Gasteiger partial charge on any atom is -0.435 e. The standard InChI is InChI=1S/C11H10F2N4O/c12-11(13)18-8-3-1-7(2-4-8)10-15-6-5-9(16-10)17-14/h1-6,11H,14H2,(H,15,16,17). The first-order chi connectivity index (χ1) is 8.69. The molecule has 0 atom stereocenters. The maximum atomic E-state index is 12.0. The number of nitrogens with two attached hydrogens (primary N) is 1. The molecule has 0 unspecified atom stereocenters. The Kier molecular flexibility index (Phi) is 3.63. The Morgan fingerprint density at radius 2 is 1.89 bits per heavy atom. The van der Waals surface area contributed by atoms with Crippen LogP contribution in [0.2, 0.25) is 0 Å². The normalized spacial score (nSPS) is 10.4. The number of nitrogens with one attached hydrogen (secondary N) is 1. The summed E-state index contributed by atoms with van der Waals surface area (Å²) in [6.07, 6.45) is 1.54. The van der Waals surface area contributed by atoms with Crippen molar-refractivity contribution in [3.05, 3.63) is 36.5 Å². The van der Waals surface area contributed by atoms with E-state index >= 15 is 0 Å². The minimum absolute atomic E-state index is 0.0851. The SMILES string of the molecule is NNc1ccnc(-c2ccc(OC(F)F)cc2)n1. The fraction of sp³-hybridized carbons (Fsp3) is 0.0909. The number of ether oxygens (including phenoxy) is 1. The van der Waals surface area contributed by atoms with Gasteiger partial charge in [-0.15, -0.1) is 0 Å². The van der Waals surface area contributed by atoms with Crippen molar-refractivity contribution in [1.82, 2.24) is 9.97 Å². The largest absolute Gasteiger partial charge is 0.435 e. The Morgan fingerprint density at radius 1 is 1.17 bits per heavy atom. The summed E-state index contributed by atoms with van der Waals surface area (Å²) in [5.74, 6) is 6.22. The van der Waals surface area contributed by atoms with Gasteiger partial charge in [-0.05, 0) is 24.3 Å². The highest BCUT2D eigenvalue weighted by Gasteiger charge is 2.06. The van der Waals surface area contributed by atoms with E-state index in [0.29, 0.717) is 17.2 Å². The lowest BCUT2D eigenvalue weighted by Crippen LogP contribution is -2.09. The van der Waals surface area contributed by atoms with E-state index in [0.717, 1.165) is 0 Å². The van der Waals surface area contributed by atoms with E-state index in [1.807, 2.05) is 0 Å². The fourth-order valence-corrected chi connectivity index (χ4v) is 1.36. The third-order valence-corrected chi connectivity index (χ3v) is 2.14. The lowest BCUT2D eigenvalue weighted by molar-refractivity contribution is -0.0498. The molecule has 0 aliphatic heterocycles. The zero-order chi connectivity index (χ0) is 13.0. The quantitative estimate of drug-likeness (QED) is 0.643. The van der Waals surface area contributed by atoms with Crippen LogP contribution in [0.25, 0.3) is 11.4 Å². The third kappa shape index (κ3) is 2.89. The number of benzene rings is 1. The molecule has 7 heteroatoms. The van der Waals surface area contributed by atoms with Crippen LogP contribution in [0, 0.1) is 0 Å². The van der Waals surface area contributed by atoms with E-state index in [9.17, 15) is 8.78 Å². The van der Waals surface area contributed by atoms with Crippen molar-refractivity contribution >= 4 is 5.82 Å². The summed E-state index contributed by atoms with van der Waals surface area (Å²) in [7, 11) is 0. The number of nitrogens with zero attached hydrogens (tertiary/aromatic N) is 2. The van der Waals surface area contributed by atoms with Crippen molar-refractivity contribution < 1.29 is 13.5 Å². The molecule has 18 heavy (non-hydrogen) atoms. The highest BCUT2D eigenvalue weighted by Crippen LogP contribution is 2.21. The van der Waals surface area contributed by atoms with Gasteiger partial charge in [0.2, 0.25) is 0 Å². The predicted molar refractivity (Wildman–Crippen MR) is 61.9 cm³/mol. The molecule has 3 N–H and O–H groups in total. The molecular formula is C11H10F2N4O. The molecule has 1 heterocycles. The highest BCUT2D eigenvalue weighted by atomic mass is 19.3. The molecule has 94 valence electrons. The second-order valence-corrected chi connectivity index (χ2v) is 3.31. The van der Waals surface area contributed by atoms with Crippen molar-refractivity contribution in [3.63, 3.8) is 0 Å². The first-order valence-corrected chi connectivity index (χ1v) is 5.04. The number of hydrogen-bond acceptors (Lipinski definition) is 5. The molecule has 1 aromatic heterocycles. The van der Waals surface area contributed by atoms with Crippen LogP contribution in [0.1, 0.15) is 0 Å². The summed E-state index contributed by atoms with van der Waals surface area (Å²) in [5.41, 5.74) is 3.07. The monoisotopic (exact) mass is 252 g/mol. The zero-order valence-electron chi connectivity index (χ0n) is 9.18. The van der Waals surface area contributed by atoms with Gasteiger partial charge in [0.05, 0.1) is 0 Å². The number of aromatic nitrogens is 2. The number of rotatable bonds is 4. The van der Waals surface area contributed by atoms with Gasteiger partial charge in [0, 0.05) is 17.8 Å². The van der Waals surface area contributed by atoms with Crippen molar-refractivity contribution in [2.24, 2.45) is 5.84 Å². The molecule has 1 aromatic carbocycles. The van der Waals surface area contributed by atoms with E-state index in [1.54, 1.807) is 24.4 Å². The average molecular weight is 252 g/mol. The van der Waals surface area contributed by atoms with Crippen LogP contribution in [-0.2, 0) is 0 Å². The summed E-state index contributed by atoms with van der Waals surface area (Å²) >= 11 is 0. The third-order valence-electron chi connectivity index (χ3n) is 2.14. The Hall–Kier alpha value is -2.28. The number of hydrogen-bond donors (Lipinski definition) is 2. The summed E-state index contributed by atoms with van der Waals surface area (Å²) in [4.78, 5) is 8.17. The Labute approximate surface area is 102 Å². The Bertz CT molecular complexity index is 519. The van der Waals surface area contributed by atoms with Crippen LogP contribution in [-0.4, -0.2) is 16.6 Å². The molecule has 0 bridgehead atoms. The molecule has 2 aromatic rings. The molecule has 0 fully saturated rings. The number of anilines is 1. The molecule has 2 rings (SSSR count). The van der Waals surface area contributed by atoms with E-state index in [2.05, 4.69) is 20.1 Å². The van der Waals surface area contributed by atoms with Gasteiger partial charge < -0.3 is 10.2 Å². The van der Waals surface area contributed by atoms with Gasteiger partial charge in [0.25, 0.3) is 0 Å². The molecule has 0 aliphatic rings. The van der Waals surface area contributed by atoms with Crippen LogP contribution in [0.4, 0.5) is 14.6 Å². The first-order valence-electron chi connectivity index (χ1n) is 5.04. The molecule has 0 radical (unpaired) electrons. The topological polar surface area (TPSA) is 73.1 Å². The number of alkyl halides is 2. The highest BCUT2D eigenvalue weighted by molar-refractivity contribution is 5.57. The first kappa shape index (κ1) is 12.2. The Balaban J connectivity index is 2.22. The summed E-state index contributed by atoms with van der Waals surface area (Å²) in [5, 5.41) is 0. The van der Waals surface area contributed by atoms with Crippen molar-refractivity contribution in [2.45, 2.75) is 6.61 Å². The average Bonchev–Trinajstić information content (AvgIpc) is 2.39. The van der Waals surface area contributed by atoms with Crippen molar-refractivity contribution in [3.8, 4) is 17.1 Å². The van der Waals surface area contributed by atoms with E-state index in [-0.39, 0.29) is 5.75 Å². The van der Waals surface area contributed by atoms with Crippen LogP contribution in [0.3, 0.4) is 0 Å². The van der Waals surface area contributed by atoms with Crippen molar-refractivity contribution in [1.29, 1.82) is 0 Å². The molecule has 0 spiro atoms. The Morgan fingerprint density at radius 3 is 2.50 bits per heavy atom. The van der Waals surface area contributed by atoms with Crippen LogP contribution < -0.4 is 16.0 Å². The van der Waals surface area contributed by atoms with Gasteiger partial charge in [-0.3, -0.25) is 0 Å². The number of hydrazine groups is 1. The minimum atomic E-state index is -2.84. The lowest BCUT2D eigenvalue weighted by Gasteiger charge is -2.06. The van der Waals surface area contributed by atoms with Gasteiger partial charge in [0.1, 0.15) is 11.6 Å². The van der Waals surface area contributed by atoms with Crippen LogP contribution in [0.5, 0.6) is 5.75 Å².